The molecule has 2 heterocycles. The van der Waals surface area contributed by atoms with Crippen molar-refractivity contribution in [2.24, 2.45) is 17.4 Å². The number of ketones is 1. The molecule has 12 nitrogen and oxygen atoms in total. The van der Waals surface area contributed by atoms with Crippen LogP contribution in [0.3, 0.4) is 0 Å². The van der Waals surface area contributed by atoms with Crippen molar-refractivity contribution in [3.63, 3.8) is 0 Å². The SMILES string of the molecule is CC(C)CC1(NO)CC(=O)[C@](Cc2ccccc2)(C(=O)O)N(c2cn(CCCN)c(C(N)=O)n2)C1=O. The lowest BCUT2D eigenvalue weighted by atomic mass is 9.71. The minimum absolute atomic E-state index is 0.0438. The van der Waals surface area contributed by atoms with Crippen molar-refractivity contribution in [3.8, 4) is 0 Å². The van der Waals surface area contributed by atoms with Gasteiger partial charge in [-0.05, 0) is 30.9 Å². The van der Waals surface area contributed by atoms with Crippen LogP contribution in [-0.2, 0) is 27.3 Å². The van der Waals surface area contributed by atoms with Crippen LogP contribution in [0, 0.1) is 5.92 Å². The summed E-state index contributed by atoms with van der Waals surface area (Å²) in [6, 6.07) is 8.42. The smallest absolute Gasteiger partial charge is 0.338 e. The number of nitrogens with one attached hydrogen (secondary N) is 1. The molecule has 0 spiro atoms. The summed E-state index contributed by atoms with van der Waals surface area (Å²) in [5.41, 5.74) is 9.42. The molecule has 12 heteroatoms. The highest BCUT2D eigenvalue weighted by Gasteiger charge is 2.64. The highest BCUT2D eigenvalue weighted by molar-refractivity contribution is 6.23. The van der Waals surface area contributed by atoms with Crippen molar-refractivity contribution in [1.29, 1.82) is 0 Å². The van der Waals surface area contributed by atoms with Gasteiger partial charge in [0.15, 0.2) is 11.6 Å². The Balaban J connectivity index is 2.29. The number of carboxylic acids is 1. The van der Waals surface area contributed by atoms with Gasteiger partial charge >= 0.3 is 5.97 Å². The number of benzene rings is 1. The lowest BCUT2D eigenvalue weighted by Crippen LogP contribution is -2.75. The molecular formula is C24H32N6O6. The number of carboxylic acid groups (broad SMARTS) is 1. The van der Waals surface area contributed by atoms with E-state index in [0.717, 1.165) is 4.90 Å². The van der Waals surface area contributed by atoms with E-state index < -0.39 is 41.1 Å². The molecule has 1 unspecified atom stereocenters. The molecule has 0 aliphatic carbocycles. The Bertz CT molecular complexity index is 1150. The third kappa shape index (κ3) is 4.74. The molecule has 1 aliphatic heterocycles. The van der Waals surface area contributed by atoms with Crippen molar-refractivity contribution in [1.82, 2.24) is 15.0 Å². The van der Waals surface area contributed by atoms with E-state index in [4.69, 9.17) is 11.5 Å². The highest BCUT2D eigenvalue weighted by Crippen LogP contribution is 2.40. The predicted octanol–water partition coefficient (Wildman–Crippen LogP) is 0.466. The van der Waals surface area contributed by atoms with Gasteiger partial charge in [0.05, 0.1) is 0 Å². The number of carbonyl (C=O) groups excluding carboxylic acids is 3. The summed E-state index contributed by atoms with van der Waals surface area (Å²) < 4.78 is 1.38. The van der Waals surface area contributed by atoms with Gasteiger partial charge in [0.2, 0.25) is 11.4 Å². The third-order valence-corrected chi connectivity index (χ3v) is 6.36. The lowest BCUT2D eigenvalue weighted by molar-refractivity contribution is -0.158. The number of Topliss-reactive ketones (excluding diaryl/α,β-unsaturated/α-hetero) is 1. The monoisotopic (exact) mass is 500 g/mol. The van der Waals surface area contributed by atoms with Crippen molar-refractivity contribution in [2.75, 3.05) is 11.4 Å². The number of amides is 2. The molecule has 1 aromatic carbocycles. The van der Waals surface area contributed by atoms with Crippen molar-refractivity contribution < 1.29 is 29.5 Å². The van der Waals surface area contributed by atoms with E-state index in [-0.39, 0.29) is 36.9 Å². The summed E-state index contributed by atoms with van der Waals surface area (Å²) in [5.74, 6) is -4.69. The zero-order valence-corrected chi connectivity index (χ0v) is 20.3. The molecular weight excluding hydrogens is 468 g/mol. The largest absolute Gasteiger partial charge is 0.479 e. The summed E-state index contributed by atoms with van der Waals surface area (Å²) in [6.07, 6.45) is 0.909. The average Bonchev–Trinajstić information content (AvgIpc) is 3.25. The van der Waals surface area contributed by atoms with E-state index >= 15 is 0 Å². The summed E-state index contributed by atoms with van der Waals surface area (Å²) >= 11 is 0. The summed E-state index contributed by atoms with van der Waals surface area (Å²) in [6.45, 7) is 4.13. The summed E-state index contributed by atoms with van der Waals surface area (Å²) in [7, 11) is 0. The maximum Gasteiger partial charge on any atom is 0.338 e. The number of nitrogens with zero attached hydrogens (tertiary/aromatic N) is 3. The molecule has 1 saturated heterocycles. The van der Waals surface area contributed by atoms with Gasteiger partial charge in [-0.15, -0.1) is 0 Å². The topological polar surface area (TPSA) is 194 Å². The van der Waals surface area contributed by atoms with Crippen LogP contribution in [0.15, 0.2) is 36.5 Å². The van der Waals surface area contributed by atoms with Crippen molar-refractivity contribution in [3.05, 3.63) is 47.9 Å². The minimum Gasteiger partial charge on any atom is -0.479 e. The second kappa shape index (κ2) is 10.6. The van der Waals surface area contributed by atoms with E-state index in [1.165, 1.54) is 10.8 Å². The fraction of sp³-hybridized carbons (Fsp3) is 0.458. The molecule has 3 rings (SSSR count). The Kier molecular flexibility index (Phi) is 7.92. The van der Waals surface area contributed by atoms with E-state index in [0.29, 0.717) is 18.5 Å². The molecule has 1 aliphatic rings. The van der Waals surface area contributed by atoms with E-state index in [1.807, 2.05) is 5.48 Å². The summed E-state index contributed by atoms with van der Waals surface area (Å²) in [4.78, 5) is 57.9. The van der Waals surface area contributed by atoms with E-state index in [1.54, 1.807) is 44.2 Å². The van der Waals surface area contributed by atoms with Crippen molar-refractivity contribution in [2.45, 2.75) is 57.2 Å². The zero-order valence-electron chi connectivity index (χ0n) is 20.3. The Morgan fingerprint density at radius 2 is 1.89 bits per heavy atom. The molecule has 194 valence electrons. The highest BCUT2D eigenvalue weighted by atomic mass is 16.5. The first kappa shape index (κ1) is 27.0. The second-order valence-electron chi connectivity index (χ2n) is 9.48. The average molecular weight is 501 g/mol. The number of aryl methyl sites for hydroxylation is 1. The molecule has 0 saturated carbocycles. The number of rotatable bonds is 11. The Morgan fingerprint density at radius 1 is 1.22 bits per heavy atom. The molecule has 36 heavy (non-hydrogen) atoms. The first-order valence-electron chi connectivity index (χ1n) is 11.7. The number of aliphatic carboxylic acids is 1. The first-order valence-corrected chi connectivity index (χ1v) is 11.7. The number of imidazole rings is 1. The molecule has 1 fully saturated rings. The molecule has 0 bridgehead atoms. The molecule has 2 aromatic rings. The predicted molar refractivity (Wildman–Crippen MR) is 129 cm³/mol. The van der Waals surface area contributed by atoms with Gasteiger partial charge in [-0.2, -0.15) is 5.48 Å². The first-order chi connectivity index (χ1) is 17.0. The normalized spacial score (nSPS) is 22.3. The third-order valence-electron chi connectivity index (χ3n) is 6.36. The molecule has 2 atom stereocenters. The lowest BCUT2D eigenvalue weighted by Gasteiger charge is -2.48. The number of anilines is 1. The fourth-order valence-corrected chi connectivity index (χ4v) is 4.79. The standard InChI is InChI=1S/C24H32N6O6/c1-15(2)11-23(28-36)13-17(31)24(22(34)35,12-16-7-4-3-5-8-16)30(21(23)33)18-14-29(10-6-9-25)20(27-18)19(26)32/h3-5,7-8,14-15,28,36H,6,9-13,25H2,1-2H3,(H2,26,32)(H,34,35)/t23?,24-/m1/s1. The maximum absolute atomic E-state index is 14.1. The van der Waals surface area contributed by atoms with Crippen LogP contribution in [0.5, 0.6) is 0 Å². The van der Waals surface area contributed by atoms with Gasteiger partial charge in [0, 0.05) is 25.6 Å². The number of nitrogens with two attached hydrogens (primary N) is 2. The molecule has 1 aromatic heterocycles. The zero-order chi connectivity index (χ0) is 26.7. The second-order valence-corrected chi connectivity index (χ2v) is 9.48. The van der Waals surface area contributed by atoms with Crippen LogP contribution in [-0.4, -0.2) is 61.1 Å². The van der Waals surface area contributed by atoms with Gasteiger partial charge in [-0.3, -0.25) is 19.3 Å². The van der Waals surface area contributed by atoms with E-state index in [9.17, 15) is 29.5 Å². The number of hydroxylamine groups is 1. The van der Waals surface area contributed by atoms with Gasteiger partial charge in [-0.1, -0.05) is 44.2 Å². The van der Waals surface area contributed by atoms with Gasteiger partial charge < -0.3 is 26.3 Å². The van der Waals surface area contributed by atoms with Gasteiger partial charge in [-0.25, -0.2) is 9.78 Å². The minimum atomic E-state index is -2.38. The molecule has 2 amide bonds. The van der Waals surface area contributed by atoms with E-state index in [2.05, 4.69) is 4.98 Å². The van der Waals surface area contributed by atoms with Crippen LogP contribution in [0.4, 0.5) is 5.82 Å². The number of hydrogen-bond donors (Lipinski definition) is 5. The number of carbonyl (C=O) groups is 4. The number of primary amides is 1. The Hall–Kier alpha value is -3.61. The van der Waals surface area contributed by atoms with Crippen LogP contribution >= 0.6 is 0 Å². The molecule has 0 radical (unpaired) electrons. The van der Waals surface area contributed by atoms with Crippen LogP contribution in [0.2, 0.25) is 0 Å². The number of hydrogen-bond acceptors (Lipinski definition) is 8. The van der Waals surface area contributed by atoms with Crippen LogP contribution in [0.1, 0.15) is 49.3 Å². The van der Waals surface area contributed by atoms with Crippen molar-refractivity contribution >= 4 is 29.4 Å². The van der Waals surface area contributed by atoms with Crippen LogP contribution < -0.4 is 21.8 Å². The summed E-state index contributed by atoms with van der Waals surface area (Å²) in [5, 5.41) is 20.6. The Labute approximate surface area is 208 Å². The number of aromatic nitrogens is 2. The quantitative estimate of drug-likeness (QED) is 0.215. The van der Waals surface area contributed by atoms with Crippen LogP contribution in [0.25, 0.3) is 0 Å². The molecule has 7 N–H and O–H groups in total. The number of piperidine rings is 1. The van der Waals surface area contributed by atoms with Gasteiger partial charge in [0.25, 0.3) is 11.8 Å². The maximum atomic E-state index is 14.1. The van der Waals surface area contributed by atoms with Gasteiger partial charge in [0.1, 0.15) is 5.54 Å². The Morgan fingerprint density at radius 3 is 2.42 bits per heavy atom. The fourth-order valence-electron chi connectivity index (χ4n) is 4.79.